The molecule has 0 unspecified atom stereocenters. The van der Waals surface area contributed by atoms with Crippen LogP contribution in [-0.4, -0.2) is 19.5 Å². The van der Waals surface area contributed by atoms with Crippen LogP contribution in [-0.2, 0) is 0 Å². The first kappa shape index (κ1) is 19.1. The van der Waals surface area contributed by atoms with Gasteiger partial charge in [-0.3, -0.25) is 4.79 Å². The van der Waals surface area contributed by atoms with Crippen LogP contribution in [0.4, 0.5) is 8.78 Å². The lowest BCUT2D eigenvalue weighted by Gasteiger charge is -2.12. The quantitative estimate of drug-likeness (QED) is 0.427. The van der Waals surface area contributed by atoms with Crippen molar-refractivity contribution in [3.63, 3.8) is 0 Å². The first-order valence-corrected chi connectivity index (χ1v) is 7.73. The predicted molar refractivity (Wildman–Crippen MR) is 93.5 cm³/mol. The molecule has 0 saturated heterocycles. The standard InChI is InChI=1S/C20H17F2NO3/c1-12-8-14(9-13(2)19(12)26-20(21)22)10-15(11-23)18(24)16-6-4-5-7-17(16)25-3/h4-10,20H,1-3H3/b15-10+. The van der Waals surface area contributed by atoms with Crippen LogP contribution < -0.4 is 9.47 Å². The molecule has 0 aliphatic heterocycles. The van der Waals surface area contributed by atoms with E-state index >= 15 is 0 Å². The number of carbonyl (C=O) groups is 1. The van der Waals surface area contributed by atoms with E-state index < -0.39 is 12.4 Å². The van der Waals surface area contributed by atoms with Crippen LogP contribution in [0.5, 0.6) is 11.5 Å². The Labute approximate surface area is 150 Å². The summed E-state index contributed by atoms with van der Waals surface area (Å²) in [5, 5.41) is 9.39. The highest BCUT2D eigenvalue weighted by Gasteiger charge is 2.17. The Morgan fingerprint density at radius 3 is 2.35 bits per heavy atom. The van der Waals surface area contributed by atoms with E-state index in [1.807, 2.05) is 6.07 Å². The second-order valence-corrected chi connectivity index (χ2v) is 5.56. The van der Waals surface area contributed by atoms with Gasteiger partial charge in [0, 0.05) is 0 Å². The van der Waals surface area contributed by atoms with Gasteiger partial charge in [0.05, 0.1) is 12.7 Å². The van der Waals surface area contributed by atoms with Crippen LogP contribution in [0.25, 0.3) is 6.08 Å². The van der Waals surface area contributed by atoms with E-state index in [-0.39, 0.29) is 16.9 Å². The van der Waals surface area contributed by atoms with Crippen LogP contribution in [0, 0.1) is 25.2 Å². The lowest BCUT2D eigenvalue weighted by atomic mass is 9.99. The molecule has 2 aromatic rings. The molecule has 0 radical (unpaired) electrons. The fourth-order valence-corrected chi connectivity index (χ4v) is 2.63. The van der Waals surface area contributed by atoms with Gasteiger partial charge in [-0.2, -0.15) is 14.0 Å². The highest BCUT2D eigenvalue weighted by Crippen LogP contribution is 2.28. The van der Waals surface area contributed by atoms with Gasteiger partial charge in [0.25, 0.3) is 0 Å². The largest absolute Gasteiger partial charge is 0.496 e. The Morgan fingerprint density at radius 2 is 1.81 bits per heavy atom. The van der Waals surface area contributed by atoms with E-state index in [2.05, 4.69) is 4.74 Å². The number of hydrogen-bond acceptors (Lipinski definition) is 4. The number of rotatable bonds is 6. The summed E-state index contributed by atoms with van der Waals surface area (Å²) in [7, 11) is 1.44. The first-order chi connectivity index (χ1) is 12.4. The zero-order valence-corrected chi connectivity index (χ0v) is 14.5. The lowest BCUT2D eigenvalue weighted by molar-refractivity contribution is -0.0507. The molecule has 6 heteroatoms. The Hall–Kier alpha value is -3.20. The number of halogens is 2. The van der Waals surface area contributed by atoms with E-state index in [9.17, 15) is 18.8 Å². The van der Waals surface area contributed by atoms with E-state index in [1.165, 1.54) is 13.2 Å². The zero-order valence-electron chi connectivity index (χ0n) is 14.5. The number of ether oxygens (including phenoxy) is 2. The van der Waals surface area contributed by atoms with Crippen LogP contribution in [0.2, 0.25) is 0 Å². The van der Waals surface area contributed by atoms with Crippen molar-refractivity contribution in [3.8, 4) is 17.6 Å². The van der Waals surface area contributed by atoms with Crippen LogP contribution in [0.15, 0.2) is 42.0 Å². The van der Waals surface area contributed by atoms with Gasteiger partial charge in [-0.15, -0.1) is 0 Å². The number of carbonyl (C=O) groups excluding carboxylic acids is 1. The molecule has 134 valence electrons. The highest BCUT2D eigenvalue weighted by molar-refractivity contribution is 6.15. The number of nitriles is 1. The smallest absolute Gasteiger partial charge is 0.387 e. The van der Waals surface area contributed by atoms with Crippen molar-refractivity contribution in [2.45, 2.75) is 20.5 Å². The molecule has 4 nitrogen and oxygen atoms in total. The van der Waals surface area contributed by atoms with Gasteiger partial charge in [0.1, 0.15) is 23.1 Å². The second-order valence-electron chi connectivity index (χ2n) is 5.56. The molecule has 26 heavy (non-hydrogen) atoms. The average molecular weight is 357 g/mol. The Balaban J connectivity index is 2.43. The summed E-state index contributed by atoms with van der Waals surface area (Å²) in [6.07, 6.45) is 1.42. The van der Waals surface area contributed by atoms with E-state index in [0.29, 0.717) is 22.4 Å². The van der Waals surface area contributed by atoms with E-state index in [4.69, 9.17) is 4.74 Å². The van der Waals surface area contributed by atoms with Crippen LogP contribution >= 0.6 is 0 Å². The molecule has 0 aromatic heterocycles. The number of methoxy groups -OCH3 is 1. The topological polar surface area (TPSA) is 59.3 Å². The first-order valence-electron chi connectivity index (χ1n) is 7.73. The Kier molecular flexibility index (Phi) is 6.07. The Morgan fingerprint density at radius 1 is 1.19 bits per heavy atom. The highest BCUT2D eigenvalue weighted by atomic mass is 19.3. The number of Topliss-reactive ketones (excluding diaryl/α,β-unsaturated/α-hetero) is 1. The third-order valence-corrected chi connectivity index (χ3v) is 3.72. The third kappa shape index (κ3) is 4.25. The molecule has 0 aliphatic rings. The van der Waals surface area contributed by atoms with Crippen LogP contribution in [0.1, 0.15) is 27.0 Å². The fourth-order valence-electron chi connectivity index (χ4n) is 2.63. The van der Waals surface area contributed by atoms with Gasteiger partial charge in [-0.25, -0.2) is 0 Å². The van der Waals surface area contributed by atoms with Crippen molar-refractivity contribution in [3.05, 3.63) is 64.2 Å². The number of nitrogens with zero attached hydrogens (tertiary/aromatic N) is 1. The van der Waals surface area contributed by atoms with Crippen molar-refractivity contribution in [2.24, 2.45) is 0 Å². The van der Waals surface area contributed by atoms with Crippen molar-refractivity contribution in [1.29, 1.82) is 5.26 Å². The maximum Gasteiger partial charge on any atom is 0.387 e. The minimum absolute atomic E-state index is 0.0872. The summed E-state index contributed by atoms with van der Waals surface area (Å²) in [4.78, 5) is 12.6. The fraction of sp³-hybridized carbons (Fsp3) is 0.200. The molecule has 2 rings (SSSR count). The molecular formula is C20H17F2NO3. The maximum atomic E-state index is 12.6. The van der Waals surface area contributed by atoms with E-state index in [1.54, 1.807) is 50.2 Å². The Bertz CT molecular complexity index is 875. The number of para-hydroxylation sites is 1. The number of aryl methyl sites for hydroxylation is 2. The molecule has 0 bridgehead atoms. The van der Waals surface area contributed by atoms with Gasteiger partial charge in [-0.1, -0.05) is 12.1 Å². The minimum atomic E-state index is -2.92. The summed E-state index contributed by atoms with van der Waals surface area (Å²) in [5.74, 6) is -0.0217. The molecular weight excluding hydrogens is 340 g/mol. The summed E-state index contributed by atoms with van der Waals surface area (Å²) >= 11 is 0. The van der Waals surface area contributed by atoms with E-state index in [0.717, 1.165) is 0 Å². The van der Waals surface area contributed by atoms with Gasteiger partial charge in [-0.05, 0) is 60.9 Å². The normalized spacial score (nSPS) is 11.2. The molecule has 0 amide bonds. The number of alkyl halides is 2. The van der Waals surface area contributed by atoms with Gasteiger partial charge >= 0.3 is 6.61 Å². The van der Waals surface area contributed by atoms with Gasteiger partial charge in [0.2, 0.25) is 5.78 Å². The maximum absolute atomic E-state index is 12.6. The van der Waals surface area contributed by atoms with Gasteiger partial charge in [0.15, 0.2) is 0 Å². The summed E-state index contributed by atoms with van der Waals surface area (Å²) in [5.41, 5.74) is 1.70. The third-order valence-electron chi connectivity index (χ3n) is 3.72. The van der Waals surface area contributed by atoms with Crippen molar-refractivity contribution >= 4 is 11.9 Å². The van der Waals surface area contributed by atoms with Crippen molar-refractivity contribution in [1.82, 2.24) is 0 Å². The molecule has 0 spiro atoms. The number of hydrogen-bond donors (Lipinski definition) is 0. The molecule has 0 saturated carbocycles. The second kappa shape index (κ2) is 8.26. The number of allylic oxidation sites excluding steroid dienone is 1. The predicted octanol–water partition coefficient (Wildman–Crippen LogP) is 4.70. The SMILES string of the molecule is COc1ccccc1C(=O)/C(C#N)=C/c1cc(C)c(OC(F)F)c(C)c1. The summed E-state index contributed by atoms with van der Waals surface area (Å²) < 4.78 is 34.6. The molecule has 0 fully saturated rings. The minimum Gasteiger partial charge on any atom is -0.496 e. The summed E-state index contributed by atoms with van der Waals surface area (Å²) in [6.45, 7) is 0.322. The monoisotopic (exact) mass is 357 g/mol. The van der Waals surface area contributed by atoms with Crippen LogP contribution in [0.3, 0.4) is 0 Å². The van der Waals surface area contributed by atoms with Crippen molar-refractivity contribution in [2.75, 3.05) is 7.11 Å². The molecule has 2 aromatic carbocycles. The zero-order chi connectivity index (χ0) is 19.3. The number of ketones is 1. The molecule has 0 N–H and O–H groups in total. The lowest BCUT2D eigenvalue weighted by Crippen LogP contribution is -2.06. The van der Waals surface area contributed by atoms with Crippen molar-refractivity contribution < 1.29 is 23.0 Å². The average Bonchev–Trinajstić information content (AvgIpc) is 2.62. The van der Waals surface area contributed by atoms with Gasteiger partial charge < -0.3 is 9.47 Å². The molecule has 0 aliphatic carbocycles. The summed E-state index contributed by atoms with van der Waals surface area (Å²) in [6, 6.07) is 11.7. The molecule has 0 heterocycles. The number of benzene rings is 2. The molecule has 0 atom stereocenters.